The molecule has 1 aromatic carbocycles. The number of carboxylic acids is 1. The first-order valence-corrected chi connectivity index (χ1v) is 8.58. The number of aliphatic carboxylic acids is 1. The van der Waals surface area contributed by atoms with Crippen molar-refractivity contribution < 1.29 is 19.5 Å². The zero-order valence-electron chi connectivity index (χ0n) is 15.0. The Labute approximate surface area is 148 Å². The first kappa shape index (κ1) is 19.0. The monoisotopic (exact) mass is 346 g/mol. The van der Waals surface area contributed by atoms with Crippen molar-refractivity contribution in [2.75, 3.05) is 13.1 Å². The Kier molecular flexibility index (Phi) is 5.82. The van der Waals surface area contributed by atoms with Gasteiger partial charge in [0, 0.05) is 13.1 Å². The van der Waals surface area contributed by atoms with E-state index in [4.69, 9.17) is 0 Å². The number of amides is 2. The third kappa shape index (κ3) is 4.59. The summed E-state index contributed by atoms with van der Waals surface area (Å²) in [6, 6.07) is 8.70. The van der Waals surface area contributed by atoms with Gasteiger partial charge in [-0.25, -0.2) is 0 Å². The van der Waals surface area contributed by atoms with Gasteiger partial charge in [0.25, 0.3) is 0 Å². The maximum absolute atomic E-state index is 12.8. The second kappa shape index (κ2) is 7.68. The molecule has 2 rings (SSSR count). The van der Waals surface area contributed by atoms with Gasteiger partial charge in [-0.2, -0.15) is 0 Å². The molecule has 1 aliphatic heterocycles. The van der Waals surface area contributed by atoms with Crippen LogP contribution < -0.4 is 5.32 Å². The van der Waals surface area contributed by atoms with Crippen LogP contribution in [0.25, 0.3) is 0 Å². The van der Waals surface area contributed by atoms with Crippen LogP contribution in [-0.2, 0) is 20.8 Å². The molecule has 2 unspecified atom stereocenters. The molecule has 1 heterocycles. The number of hydrogen-bond donors (Lipinski definition) is 2. The summed E-state index contributed by atoms with van der Waals surface area (Å²) in [5.74, 6) is -1.39. The summed E-state index contributed by atoms with van der Waals surface area (Å²) >= 11 is 0. The summed E-state index contributed by atoms with van der Waals surface area (Å²) in [6.45, 7) is 5.98. The third-order valence-electron chi connectivity index (χ3n) is 4.76. The first-order chi connectivity index (χ1) is 11.7. The highest BCUT2D eigenvalue weighted by molar-refractivity contribution is 5.89. The molecule has 1 aromatic rings. The van der Waals surface area contributed by atoms with E-state index in [0.29, 0.717) is 13.0 Å². The normalized spacial score (nSPS) is 21.2. The Bertz CT molecular complexity index is 644. The molecule has 2 amide bonds. The Morgan fingerprint density at radius 3 is 2.40 bits per heavy atom. The maximum atomic E-state index is 12.8. The third-order valence-corrected chi connectivity index (χ3v) is 4.76. The lowest BCUT2D eigenvalue weighted by molar-refractivity contribution is -0.147. The van der Waals surface area contributed by atoms with Crippen LogP contribution in [0.15, 0.2) is 30.3 Å². The first-order valence-electron chi connectivity index (χ1n) is 8.58. The smallest absolute Gasteiger partial charge is 0.311 e. The molecule has 6 heteroatoms. The molecule has 0 aliphatic carbocycles. The molecular weight excluding hydrogens is 320 g/mol. The van der Waals surface area contributed by atoms with Gasteiger partial charge in [0.2, 0.25) is 11.8 Å². The van der Waals surface area contributed by atoms with Crippen molar-refractivity contribution in [1.82, 2.24) is 10.2 Å². The van der Waals surface area contributed by atoms with Gasteiger partial charge in [-0.3, -0.25) is 14.4 Å². The van der Waals surface area contributed by atoms with Crippen LogP contribution in [0.5, 0.6) is 0 Å². The van der Waals surface area contributed by atoms with Crippen molar-refractivity contribution in [3.63, 3.8) is 0 Å². The van der Waals surface area contributed by atoms with Crippen molar-refractivity contribution in [2.24, 2.45) is 11.3 Å². The van der Waals surface area contributed by atoms with Crippen molar-refractivity contribution in [3.05, 3.63) is 35.9 Å². The fourth-order valence-electron chi connectivity index (χ4n) is 3.04. The van der Waals surface area contributed by atoms with Gasteiger partial charge in [-0.15, -0.1) is 0 Å². The lowest BCUT2D eigenvalue weighted by Crippen LogP contribution is -2.51. The summed E-state index contributed by atoms with van der Waals surface area (Å²) in [5, 5.41) is 12.1. The van der Waals surface area contributed by atoms with E-state index < -0.39 is 17.4 Å². The van der Waals surface area contributed by atoms with Crippen molar-refractivity contribution in [2.45, 2.75) is 39.7 Å². The molecule has 0 aromatic heterocycles. The average Bonchev–Trinajstić information content (AvgIpc) is 2.96. The molecule has 25 heavy (non-hydrogen) atoms. The van der Waals surface area contributed by atoms with Crippen LogP contribution in [-0.4, -0.2) is 46.9 Å². The SMILES string of the molecule is CC(C)C(NC(=O)Cc1ccccc1)C(=O)N1CCC(C)(C(=O)O)C1. The number of rotatable bonds is 6. The zero-order valence-corrected chi connectivity index (χ0v) is 15.0. The molecule has 6 nitrogen and oxygen atoms in total. The van der Waals surface area contributed by atoms with Crippen LogP contribution in [0.4, 0.5) is 0 Å². The van der Waals surface area contributed by atoms with Gasteiger partial charge >= 0.3 is 5.97 Å². The highest BCUT2D eigenvalue weighted by Crippen LogP contribution is 2.30. The van der Waals surface area contributed by atoms with Gasteiger partial charge < -0.3 is 15.3 Å². The van der Waals surface area contributed by atoms with E-state index in [9.17, 15) is 19.5 Å². The molecule has 1 fully saturated rings. The summed E-state index contributed by atoms with van der Waals surface area (Å²) < 4.78 is 0. The minimum atomic E-state index is -0.911. The lowest BCUT2D eigenvalue weighted by Gasteiger charge is -2.28. The summed E-state index contributed by atoms with van der Waals surface area (Å²) in [5.41, 5.74) is -0.0276. The van der Waals surface area contributed by atoms with E-state index in [1.54, 1.807) is 11.8 Å². The predicted octanol–water partition coefficient (Wildman–Crippen LogP) is 1.69. The number of carbonyl (C=O) groups excluding carboxylic acids is 2. The molecule has 2 N–H and O–H groups in total. The fourth-order valence-corrected chi connectivity index (χ4v) is 3.04. The van der Waals surface area contributed by atoms with Crippen LogP contribution in [0.1, 0.15) is 32.8 Å². The Morgan fingerprint density at radius 2 is 1.88 bits per heavy atom. The minimum Gasteiger partial charge on any atom is -0.481 e. The molecule has 136 valence electrons. The zero-order chi connectivity index (χ0) is 18.6. The van der Waals surface area contributed by atoms with E-state index in [2.05, 4.69) is 5.32 Å². The number of nitrogens with zero attached hydrogens (tertiary/aromatic N) is 1. The van der Waals surface area contributed by atoms with E-state index in [0.717, 1.165) is 5.56 Å². The fraction of sp³-hybridized carbons (Fsp3) is 0.526. The highest BCUT2D eigenvalue weighted by Gasteiger charge is 2.43. The largest absolute Gasteiger partial charge is 0.481 e. The topological polar surface area (TPSA) is 86.7 Å². The molecule has 1 saturated heterocycles. The average molecular weight is 346 g/mol. The highest BCUT2D eigenvalue weighted by atomic mass is 16.4. The molecule has 2 atom stereocenters. The number of nitrogens with one attached hydrogen (secondary N) is 1. The van der Waals surface area contributed by atoms with Crippen molar-refractivity contribution in [3.8, 4) is 0 Å². The number of carbonyl (C=O) groups is 3. The van der Waals surface area contributed by atoms with Crippen LogP contribution in [0.3, 0.4) is 0 Å². The molecular formula is C19H26N2O4. The number of likely N-dealkylation sites (tertiary alicyclic amines) is 1. The number of hydrogen-bond acceptors (Lipinski definition) is 3. The van der Waals surface area contributed by atoms with Crippen LogP contribution >= 0.6 is 0 Å². The summed E-state index contributed by atoms with van der Waals surface area (Å²) in [6.07, 6.45) is 0.640. The Balaban J connectivity index is 2.01. The predicted molar refractivity (Wildman–Crippen MR) is 93.9 cm³/mol. The van der Waals surface area contributed by atoms with Crippen LogP contribution in [0, 0.1) is 11.3 Å². The van der Waals surface area contributed by atoms with Gasteiger partial charge in [-0.05, 0) is 24.8 Å². The van der Waals surface area contributed by atoms with E-state index in [-0.39, 0.29) is 30.7 Å². The van der Waals surface area contributed by atoms with Crippen molar-refractivity contribution in [1.29, 1.82) is 0 Å². The standard InChI is InChI=1S/C19H26N2O4/c1-13(2)16(20-15(22)11-14-7-5-4-6-8-14)17(23)21-10-9-19(3,12-21)18(24)25/h4-8,13,16H,9-12H2,1-3H3,(H,20,22)(H,24,25). The van der Waals surface area contributed by atoms with Crippen LogP contribution in [0.2, 0.25) is 0 Å². The van der Waals surface area contributed by atoms with Gasteiger partial charge in [0.15, 0.2) is 0 Å². The molecule has 0 saturated carbocycles. The number of benzene rings is 1. The maximum Gasteiger partial charge on any atom is 0.311 e. The van der Waals surface area contributed by atoms with E-state index >= 15 is 0 Å². The Morgan fingerprint density at radius 1 is 1.24 bits per heavy atom. The van der Waals surface area contributed by atoms with Crippen molar-refractivity contribution >= 4 is 17.8 Å². The molecule has 1 aliphatic rings. The molecule has 0 spiro atoms. The van der Waals surface area contributed by atoms with E-state index in [1.165, 1.54) is 0 Å². The van der Waals surface area contributed by atoms with E-state index in [1.807, 2.05) is 44.2 Å². The van der Waals surface area contributed by atoms with Gasteiger partial charge in [-0.1, -0.05) is 44.2 Å². The summed E-state index contributed by atoms with van der Waals surface area (Å²) in [4.78, 5) is 38.0. The minimum absolute atomic E-state index is 0.0797. The second-order valence-corrected chi connectivity index (χ2v) is 7.33. The Hall–Kier alpha value is -2.37. The van der Waals surface area contributed by atoms with Gasteiger partial charge in [0.1, 0.15) is 6.04 Å². The van der Waals surface area contributed by atoms with Gasteiger partial charge in [0.05, 0.1) is 11.8 Å². The molecule has 0 bridgehead atoms. The lowest BCUT2D eigenvalue weighted by atomic mass is 9.90. The number of carboxylic acid groups (broad SMARTS) is 1. The second-order valence-electron chi connectivity index (χ2n) is 7.33. The summed E-state index contributed by atoms with van der Waals surface area (Å²) in [7, 11) is 0. The molecule has 0 radical (unpaired) electrons. The quantitative estimate of drug-likeness (QED) is 0.821.